The van der Waals surface area contributed by atoms with Gasteiger partial charge in [0, 0.05) is 0 Å². The Labute approximate surface area is 95.6 Å². The number of ketones is 1. The molecule has 1 heterocycles. The minimum absolute atomic E-state index is 0.0780. The number of hydrogen-bond donors (Lipinski definition) is 0. The number of furan rings is 1. The van der Waals surface area contributed by atoms with Crippen LogP contribution in [0.1, 0.15) is 15.9 Å². The first-order chi connectivity index (χ1) is 8.18. The van der Waals surface area contributed by atoms with Crippen LogP contribution in [0.25, 0.3) is 0 Å². The second-order valence-corrected chi connectivity index (χ2v) is 3.22. The highest BCUT2D eigenvalue weighted by Gasteiger charge is 2.17. The summed E-state index contributed by atoms with van der Waals surface area (Å²) in [5, 5.41) is 0. The molecule has 0 amide bonds. The number of benzene rings is 1. The van der Waals surface area contributed by atoms with Crippen molar-refractivity contribution in [2.24, 2.45) is 0 Å². The molecule has 1 aromatic heterocycles. The minimum Gasteiger partial charge on any atom is -0.472 e. The number of hydrogen-bond acceptors (Lipinski definition) is 3. The number of rotatable bonds is 4. The number of halogens is 2. The lowest BCUT2D eigenvalue weighted by Gasteiger charge is -2.08. The second kappa shape index (κ2) is 4.78. The Balaban J connectivity index is 2.35. The van der Waals surface area contributed by atoms with E-state index in [1.807, 2.05) is 0 Å². The number of carbonyl (C=O) groups excluding carboxylic acids is 1. The molecule has 0 radical (unpaired) electrons. The average Bonchev–Trinajstić information content (AvgIpc) is 2.81. The van der Waals surface area contributed by atoms with E-state index >= 15 is 0 Å². The van der Waals surface area contributed by atoms with Crippen LogP contribution >= 0.6 is 0 Å². The Morgan fingerprint density at radius 3 is 2.65 bits per heavy atom. The molecule has 0 aliphatic rings. The Bertz CT molecular complexity index is 506. The summed E-state index contributed by atoms with van der Waals surface area (Å²) in [7, 11) is 0. The molecule has 0 atom stereocenters. The van der Waals surface area contributed by atoms with Gasteiger partial charge in [-0.2, -0.15) is 8.78 Å². The van der Waals surface area contributed by atoms with Crippen molar-refractivity contribution in [1.82, 2.24) is 0 Å². The van der Waals surface area contributed by atoms with E-state index in [1.54, 1.807) is 6.07 Å². The number of alkyl halides is 2. The molecule has 17 heavy (non-hydrogen) atoms. The molecule has 3 nitrogen and oxygen atoms in total. The summed E-state index contributed by atoms with van der Waals surface area (Å²) in [6.07, 6.45) is 2.59. The predicted octanol–water partition coefficient (Wildman–Crippen LogP) is 3.11. The minimum atomic E-state index is -2.96. The monoisotopic (exact) mass is 238 g/mol. The molecule has 88 valence electrons. The van der Waals surface area contributed by atoms with Crippen LogP contribution in [0.4, 0.5) is 8.78 Å². The smallest absolute Gasteiger partial charge is 0.387 e. The summed E-state index contributed by atoms with van der Waals surface area (Å²) in [5.74, 6) is -0.566. The lowest BCUT2D eigenvalue weighted by Crippen LogP contribution is -2.08. The molecule has 2 rings (SSSR count). The van der Waals surface area contributed by atoms with Crippen molar-refractivity contribution in [2.45, 2.75) is 6.61 Å². The van der Waals surface area contributed by atoms with Gasteiger partial charge in [-0.1, -0.05) is 12.1 Å². The average molecular weight is 238 g/mol. The third-order valence-corrected chi connectivity index (χ3v) is 2.13. The molecule has 1 aromatic carbocycles. The third kappa shape index (κ3) is 2.50. The topological polar surface area (TPSA) is 39.4 Å². The zero-order valence-corrected chi connectivity index (χ0v) is 8.60. The summed E-state index contributed by atoms with van der Waals surface area (Å²) in [5.41, 5.74) is 0.365. The van der Waals surface area contributed by atoms with Gasteiger partial charge in [-0.25, -0.2) is 0 Å². The van der Waals surface area contributed by atoms with Gasteiger partial charge in [0.2, 0.25) is 0 Å². The van der Waals surface area contributed by atoms with Gasteiger partial charge in [-0.15, -0.1) is 0 Å². The van der Waals surface area contributed by atoms with Gasteiger partial charge in [-0.3, -0.25) is 4.79 Å². The Morgan fingerprint density at radius 2 is 2.00 bits per heavy atom. The van der Waals surface area contributed by atoms with Crippen LogP contribution in [-0.4, -0.2) is 12.4 Å². The lowest BCUT2D eigenvalue weighted by atomic mass is 10.1. The van der Waals surface area contributed by atoms with Crippen LogP contribution in [0.2, 0.25) is 0 Å². The van der Waals surface area contributed by atoms with E-state index in [1.165, 1.54) is 36.8 Å². The first-order valence-electron chi connectivity index (χ1n) is 4.79. The molecule has 0 N–H and O–H groups in total. The van der Waals surface area contributed by atoms with Crippen molar-refractivity contribution < 1.29 is 22.7 Å². The predicted molar refractivity (Wildman–Crippen MR) is 55.2 cm³/mol. The Kier molecular flexibility index (Phi) is 3.18. The summed E-state index contributed by atoms with van der Waals surface area (Å²) in [4.78, 5) is 11.9. The van der Waals surface area contributed by atoms with E-state index in [9.17, 15) is 13.6 Å². The molecule has 0 saturated carbocycles. The van der Waals surface area contributed by atoms with Gasteiger partial charge in [0.05, 0.1) is 17.4 Å². The van der Waals surface area contributed by atoms with Crippen LogP contribution in [0.5, 0.6) is 5.75 Å². The molecular formula is C12H8F2O3. The maximum Gasteiger partial charge on any atom is 0.387 e. The molecule has 0 unspecified atom stereocenters. The molecular weight excluding hydrogens is 230 g/mol. The van der Waals surface area contributed by atoms with Gasteiger partial charge in [-0.05, 0) is 18.2 Å². The Morgan fingerprint density at radius 1 is 1.24 bits per heavy atom. The van der Waals surface area contributed by atoms with Crippen molar-refractivity contribution in [2.75, 3.05) is 0 Å². The fraction of sp³-hybridized carbons (Fsp3) is 0.0833. The fourth-order valence-corrected chi connectivity index (χ4v) is 1.40. The highest BCUT2D eigenvalue weighted by atomic mass is 19.3. The molecule has 2 aromatic rings. The molecule has 0 spiro atoms. The normalized spacial score (nSPS) is 10.5. The highest BCUT2D eigenvalue weighted by Crippen LogP contribution is 2.23. The van der Waals surface area contributed by atoms with Gasteiger partial charge in [0.1, 0.15) is 12.0 Å². The SMILES string of the molecule is O=C(c1ccoc1)c1ccccc1OC(F)F. The van der Waals surface area contributed by atoms with Crippen LogP contribution in [0, 0.1) is 0 Å². The molecule has 0 saturated heterocycles. The van der Waals surface area contributed by atoms with Crippen molar-refractivity contribution >= 4 is 5.78 Å². The summed E-state index contributed by atoms with van der Waals surface area (Å²) < 4.78 is 33.4. The first-order valence-corrected chi connectivity index (χ1v) is 4.79. The number of para-hydroxylation sites is 1. The largest absolute Gasteiger partial charge is 0.472 e. The first kappa shape index (κ1) is 11.3. The van der Waals surface area contributed by atoms with Crippen molar-refractivity contribution in [3.63, 3.8) is 0 Å². The van der Waals surface area contributed by atoms with Crippen molar-refractivity contribution in [1.29, 1.82) is 0 Å². The highest BCUT2D eigenvalue weighted by molar-refractivity contribution is 6.10. The van der Waals surface area contributed by atoms with E-state index in [0.29, 0.717) is 0 Å². The summed E-state index contributed by atoms with van der Waals surface area (Å²) in [6.45, 7) is -2.96. The number of carbonyl (C=O) groups is 1. The van der Waals surface area contributed by atoms with E-state index in [2.05, 4.69) is 4.74 Å². The summed E-state index contributed by atoms with van der Waals surface area (Å²) in [6, 6.07) is 7.30. The summed E-state index contributed by atoms with van der Waals surface area (Å²) >= 11 is 0. The van der Waals surface area contributed by atoms with Crippen LogP contribution in [0.15, 0.2) is 47.3 Å². The van der Waals surface area contributed by atoms with Gasteiger partial charge in [0.25, 0.3) is 0 Å². The Hall–Kier alpha value is -2.17. The quantitative estimate of drug-likeness (QED) is 0.768. The molecule has 0 aliphatic heterocycles. The van der Waals surface area contributed by atoms with E-state index < -0.39 is 12.4 Å². The zero-order chi connectivity index (χ0) is 12.3. The van der Waals surface area contributed by atoms with Gasteiger partial charge < -0.3 is 9.15 Å². The van der Waals surface area contributed by atoms with Crippen LogP contribution < -0.4 is 4.74 Å². The van der Waals surface area contributed by atoms with Crippen molar-refractivity contribution in [3.05, 3.63) is 54.0 Å². The number of ether oxygens (including phenoxy) is 1. The maximum atomic E-state index is 12.2. The van der Waals surface area contributed by atoms with Gasteiger partial charge in [0.15, 0.2) is 5.78 Å². The van der Waals surface area contributed by atoms with Crippen LogP contribution in [-0.2, 0) is 0 Å². The van der Waals surface area contributed by atoms with E-state index in [4.69, 9.17) is 4.42 Å². The fourth-order valence-electron chi connectivity index (χ4n) is 1.40. The molecule has 0 aliphatic carbocycles. The van der Waals surface area contributed by atoms with Gasteiger partial charge >= 0.3 is 6.61 Å². The third-order valence-electron chi connectivity index (χ3n) is 2.13. The molecule has 5 heteroatoms. The molecule has 0 fully saturated rings. The standard InChI is InChI=1S/C12H8F2O3/c13-12(14)17-10-4-2-1-3-9(10)11(15)8-5-6-16-7-8/h1-7,12H. The maximum absolute atomic E-state index is 12.2. The zero-order valence-electron chi connectivity index (χ0n) is 8.60. The van der Waals surface area contributed by atoms with E-state index in [-0.39, 0.29) is 16.9 Å². The van der Waals surface area contributed by atoms with E-state index in [0.717, 1.165) is 0 Å². The lowest BCUT2D eigenvalue weighted by molar-refractivity contribution is -0.0501. The second-order valence-electron chi connectivity index (χ2n) is 3.22. The van der Waals surface area contributed by atoms with Crippen LogP contribution in [0.3, 0.4) is 0 Å². The molecule has 0 bridgehead atoms. The van der Waals surface area contributed by atoms with Crippen molar-refractivity contribution in [3.8, 4) is 5.75 Å².